The molecule has 0 bridgehead atoms. The Morgan fingerprint density at radius 2 is 1.60 bits per heavy atom. The average molecular weight is 406 g/mol. The lowest BCUT2D eigenvalue weighted by Gasteiger charge is -2.33. The molecule has 0 aromatic heterocycles. The van der Waals surface area contributed by atoms with Gasteiger partial charge in [-0.2, -0.15) is 5.06 Å². The number of hydrogen-bond acceptors (Lipinski definition) is 2. The van der Waals surface area contributed by atoms with Gasteiger partial charge < -0.3 is 0 Å². The van der Waals surface area contributed by atoms with Crippen molar-refractivity contribution >= 4 is 6.08 Å². The van der Waals surface area contributed by atoms with E-state index in [-0.39, 0.29) is 6.10 Å². The highest BCUT2D eigenvalue weighted by Crippen LogP contribution is 2.27. The molecule has 0 amide bonds. The van der Waals surface area contributed by atoms with Crippen molar-refractivity contribution in [2.24, 2.45) is 0 Å². The van der Waals surface area contributed by atoms with Crippen molar-refractivity contribution in [2.45, 2.75) is 70.9 Å². The summed E-state index contributed by atoms with van der Waals surface area (Å²) in [5, 5.41) is 2.20. The van der Waals surface area contributed by atoms with Crippen LogP contribution in [0, 0.1) is 0 Å². The fraction of sp³-hybridized carbons (Fsp3) is 0.429. The molecule has 162 valence electrons. The van der Waals surface area contributed by atoms with Crippen LogP contribution in [0.2, 0.25) is 0 Å². The van der Waals surface area contributed by atoms with Crippen molar-refractivity contribution in [3.8, 4) is 0 Å². The van der Waals surface area contributed by atoms with E-state index in [2.05, 4.69) is 98.3 Å². The number of nitrogens with zero attached hydrogens (tertiary/aromatic N) is 1. The molecule has 0 aliphatic carbocycles. The minimum Gasteiger partial charge on any atom is -0.290 e. The van der Waals surface area contributed by atoms with Gasteiger partial charge in [0, 0.05) is 12.6 Å². The molecule has 0 N–H and O–H groups in total. The summed E-state index contributed by atoms with van der Waals surface area (Å²) >= 11 is 0. The largest absolute Gasteiger partial charge is 0.290 e. The number of unbranched alkanes of at least 4 members (excludes halogenated alkanes) is 1. The Morgan fingerprint density at radius 1 is 0.900 bits per heavy atom. The summed E-state index contributed by atoms with van der Waals surface area (Å²) in [7, 11) is 0. The van der Waals surface area contributed by atoms with E-state index in [0.717, 1.165) is 38.6 Å². The first-order chi connectivity index (χ1) is 14.8. The van der Waals surface area contributed by atoms with Gasteiger partial charge in [0.25, 0.3) is 0 Å². The molecule has 2 aromatic carbocycles. The van der Waals surface area contributed by atoms with Gasteiger partial charge in [-0.3, -0.25) is 4.84 Å². The van der Waals surface area contributed by atoms with Gasteiger partial charge in [0.05, 0.1) is 0 Å². The second kappa shape index (κ2) is 14.8. The lowest BCUT2D eigenvalue weighted by Crippen LogP contribution is -2.37. The Labute approximate surface area is 184 Å². The van der Waals surface area contributed by atoms with Gasteiger partial charge in [0.1, 0.15) is 6.10 Å². The minimum absolute atomic E-state index is 0.0973. The molecule has 2 rings (SSSR count). The smallest absolute Gasteiger partial charge is 0.104 e. The average Bonchev–Trinajstić information content (AvgIpc) is 2.79. The molecule has 0 saturated heterocycles. The normalized spacial score (nSPS) is 13.6. The summed E-state index contributed by atoms with van der Waals surface area (Å²) in [5.41, 5.74) is 2.51. The predicted molar refractivity (Wildman–Crippen MR) is 130 cm³/mol. The van der Waals surface area contributed by atoms with E-state index in [1.165, 1.54) is 24.0 Å². The van der Waals surface area contributed by atoms with Gasteiger partial charge in [-0.05, 0) is 36.8 Å². The quantitative estimate of drug-likeness (QED) is 0.220. The van der Waals surface area contributed by atoms with Gasteiger partial charge in [0.2, 0.25) is 0 Å². The maximum absolute atomic E-state index is 6.63. The molecule has 0 aliphatic rings. The first kappa shape index (κ1) is 24.1. The van der Waals surface area contributed by atoms with Crippen LogP contribution in [0.1, 0.15) is 76.0 Å². The highest BCUT2D eigenvalue weighted by Gasteiger charge is 2.22. The third kappa shape index (κ3) is 8.69. The van der Waals surface area contributed by atoms with Crippen LogP contribution < -0.4 is 0 Å². The second-order valence-electron chi connectivity index (χ2n) is 7.87. The van der Waals surface area contributed by atoms with E-state index in [1.807, 2.05) is 6.08 Å². The topological polar surface area (TPSA) is 12.5 Å². The molecule has 2 aromatic rings. The zero-order chi connectivity index (χ0) is 21.4. The zero-order valence-electron chi connectivity index (χ0n) is 18.9. The first-order valence-corrected chi connectivity index (χ1v) is 11.6. The standard InChI is InChI=1S/C28H39NO/c1-4-7-22-27(23-15-14-19-25-17-10-8-11-18-25)29(24-6-3)30-28(16-5-2)26-20-12-9-13-21-26/h6,8-14,17-21,27-28H,3-5,7,15-16,22-24H2,1-2H3/b19-14+. The fourth-order valence-corrected chi connectivity index (χ4v) is 3.72. The molecule has 0 fully saturated rings. The van der Waals surface area contributed by atoms with E-state index in [0.29, 0.717) is 6.04 Å². The van der Waals surface area contributed by atoms with Crippen molar-refractivity contribution in [3.63, 3.8) is 0 Å². The van der Waals surface area contributed by atoms with Gasteiger partial charge in [0.15, 0.2) is 0 Å². The van der Waals surface area contributed by atoms with Crippen LogP contribution in [0.5, 0.6) is 0 Å². The van der Waals surface area contributed by atoms with Gasteiger partial charge in [-0.15, -0.1) is 6.58 Å². The Hall–Kier alpha value is -2.16. The van der Waals surface area contributed by atoms with Crippen molar-refractivity contribution in [2.75, 3.05) is 6.54 Å². The first-order valence-electron chi connectivity index (χ1n) is 11.6. The van der Waals surface area contributed by atoms with Crippen LogP contribution in [-0.4, -0.2) is 17.6 Å². The molecule has 2 unspecified atom stereocenters. The fourth-order valence-electron chi connectivity index (χ4n) is 3.72. The Bertz CT molecular complexity index is 710. The van der Waals surface area contributed by atoms with E-state index in [4.69, 9.17) is 4.84 Å². The maximum Gasteiger partial charge on any atom is 0.104 e. The molecule has 2 nitrogen and oxygen atoms in total. The highest BCUT2D eigenvalue weighted by molar-refractivity contribution is 5.48. The van der Waals surface area contributed by atoms with E-state index in [9.17, 15) is 0 Å². The summed E-state index contributed by atoms with van der Waals surface area (Å²) < 4.78 is 0. The molecular weight excluding hydrogens is 366 g/mol. The van der Waals surface area contributed by atoms with E-state index < -0.39 is 0 Å². The summed E-state index contributed by atoms with van der Waals surface area (Å²) in [6.45, 7) is 9.22. The minimum atomic E-state index is 0.0973. The van der Waals surface area contributed by atoms with Crippen LogP contribution in [0.3, 0.4) is 0 Å². The summed E-state index contributed by atoms with van der Waals surface area (Å²) in [6, 6.07) is 21.5. The molecule has 0 saturated carbocycles. The Kier molecular flexibility index (Phi) is 11.9. The predicted octanol–water partition coefficient (Wildman–Crippen LogP) is 8.00. The molecule has 2 atom stereocenters. The van der Waals surface area contributed by atoms with Crippen molar-refractivity contribution < 1.29 is 4.84 Å². The Morgan fingerprint density at radius 3 is 2.23 bits per heavy atom. The third-order valence-electron chi connectivity index (χ3n) is 5.37. The third-order valence-corrected chi connectivity index (χ3v) is 5.37. The van der Waals surface area contributed by atoms with Gasteiger partial charge in [-0.25, -0.2) is 0 Å². The second-order valence-corrected chi connectivity index (χ2v) is 7.87. The van der Waals surface area contributed by atoms with Crippen LogP contribution in [-0.2, 0) is 4.84 Å². The maximum atomic E-state index is 6.63. The van der Waals surface area contributed by atoms with Crippen LogP contribution in [0.15, 0.2) is 79.4 Å². The van der Waals surface area contributed by atoms with Crippen LogP contribution >= 0.6 is 0 Å². The molecule has 0 radical (unpaired) electrons. The molecule has 0 aliphatic heterocycles. The molecule has 2 heteroatoms. The summed E-state index contributed by atoms with van der Waals surface area (Å²) in [4.78, 5) is 6.63. The number of allylic oxidation sites excluding steroid dienone is 1. The summed E-state index contributed by atoms with van der Waals surface area (Å²) in [6.07, 6.45) is 14.4. The molecule has 30 heavy (non-hydrogen) atoms. The molecule has 0 heterocycles. The number of hydroxylamine groups is 2. The van der Waals surface area contributed by atoms with Crippen LogP contribution in [0.4, 0.5) is 0 Å². The van der Waals surface area contributed by atoms with E-state index in [1.54, 1.807) is 0 Å². The van der Waals surface area contributed by atoms with Gasteiger partial charge in [-0.1, -0.05) is 112 Å². The van der Waals surface area contributed by atoms with Crippen molar-refractivity contribution in [1.82, 2.24) is 5.06 Å². The van der Waals surface area contributed by atoms with Crippen molar-refractivity contribution in [1.29, 1.82) is 0 Å². The Balaban J connectivity index is 2.06. The number of benzene rings is 2. The number of rotatable bonds is 15. The highest BCUT2D eigenvalue weighted by atomic mass is 16.7. The van der Waals surface area contributed by atoms with E-state index >= 15 is 0 Å². The van der Waals surface area contributed by atoms with Crippen LogP contribution in [0.25, 0.3) is 6.08 Å². The van der Waals surface area contributed by atoms with Gasteiger partial charge >= 0.3 is 0 Å². The number of hydrogen-bond donors (Lipinski definition) is 0. The summed E-state index contributed by atoms with van der Waals surface area (Å²) in [5.74, 6) is 0. The molecule has 0 spiro atoms. The van der Waals surface area contributed by atoms with Crippen molar-refractivity contribution in [3.05, 3.63) is 90.5 Å². The molecular formula is C28H39NO. The monoisotopic (exact) mass is 405 g/mol. The lowest BCUT2D eigenvalue weighted by molar-refractivity contribution is -0.222. The zero-order valence-corrected chi connectivity index (χ0v) is 18.9. The lowest BCUT2D eigenvalue weighted by atomic mass is 10.0. The SMILES string of the molecule is C=CCN(OC(CCC)c1ccccc1)C(CC/C=C/c1ccccc1)CCCC.